The van der Waals surface area contributed by atoms with Gasteiger partial charge in [-0.25, -0.2) is 4.68 Å². The summed E-state index contributed by atoms with van der Waals surface area (Å²) in [5.41, 5.74) is 1.85. The van der Waals surface area contributed by atoms with Gasteiger partial charge >= 0.3 is 0 Å². The first-order valence-corrected chi connectivity index (χ1v) is 10.9. The van der Waals surface area contributed by atoms with Gasteiger partial charge in [-0.1, -0.05) is 49.7 Å². The molecule has 0 spiro atoms. The number of hydrogen-bond donors (Lipinski definition) is 1. The number of aromatic nitrogens is 2. The van der Waals surface area contributed by atoms with E-state index in [1.807, 2.05) is 37.3 Å². The van der Waals surface area contributed by atoms with E-state index in [0.29, 0.717) is 34.3 Å². The van der Waals surface area contributed by atoms with Crippen molar-refractivity contribution in [1.29, 1.82) is 0 Å². The van der Waals surface area contributed by atoms with E-state index < -0.39 is 5.91 Å². The number of fused-ring (bicyclic) bond motifs is 4. The molecule has 0 aliphatic carbocycles. The maximum atomic E-state index is 13.4. The summed E-state index contributed by atoms with van der Waals surface area (Å²) < 4.78 is 12.9. The number of aryl methyl sites for hydroxylation is 1. The number of methoxy groups -OCH3 is 1. The second-order valence-corrected chi connectivity index (χ2v) is 7.88. The molecule has 0 bridgehead atoms. The molecule has 7 heteroatoms. The van der Waals surface area contributed by atoms with Gasteiger partial charge in [-0.05, 0) is 24.6 Å². The molecule has 0 atom stereocenters. The van der Waals surface area contributed by atoms with Crippen molar-refractivity contribution < 1.29 is 13.9 Å². The van der Waals surface area contributed by atoms with E-state index in [9.17, 15) is 9.59 Å². The number of rotatable bonds is 6. The van der Waals surface area contributed by atoms with E-state index in [4.69, 9.17) is 9.15 Å². The van der Waals surface area contributed by atoms with Crippen molar-refractivity contribution in [2.75, 3.05) is 12.4 Å². The number of anilines is 1. The molecule has 0 unspecified atom stereocenters. The Morgan fingerprint density at radius 1 is 1.00 bits per heavy atom. The molecule has 0 saturated heterocycles. The smallest absolute Gasteiger partial charge is 0.276 e. The molecule has 2 heterocycles. The summed E-state index contributed by atoms with van der Waals surface area (Å²) in [6, 6.07) is 18.4. The molecule has 0 radical (unpaired) electrons. The van der Waals surface area contributed by atoms with Crippen LogP contribution in [0.3, 0.4) is 0 Å². The lowest BCUT2D eigenvalue weighted by molar-refractivity contribution is 0.102. The van der Waals surface area contributed by atoms with Crippen molar-refractivity contribution >= 4 is 44.3 Å². The Morgan fingerprint density at radius 2 is 1.73 bits per heavy atom. The number of nitrogens with zero attached hydrogens (tertiary/aromatic N) is 2. The lowest BCUT2D eigenvalue weighted by atomic mass is 10.1. The number of carbonyl (C=O) groups is 1. The second-order valence-electron chi connectivity index (χ2n) is 7.88. The third kappa shape index (κ3) is 3.61. The van der Waals surface area contributed by atoms with Crippen molar-refractivity contribution in [3.63, 3.8) is 0 Å². The predicted octanol–water partition coefficient (Wildman–Crippen LogP) is 5.36. The van der Waals surface area contributed by atoms with Crippen LogP contribution >= 0.6 is 0 Å². The highest BCUT2D eigenvalue weighted by atomic mass is 16.5. The maximum absolute atomic E-state index is 13.4. The summed E-state index contributed by atoms with van der Waals surface area (Å²) in [7, 11) is 1.55. The van der Waals surface area contributed by atoms with Crippen LogP contribution in [0.4, 0.5) is 5.69 Å². The predicted molar refractivity (Wildman–Crippen MR) is 129 cm³/mol. The summed E-state index contributed by atoms with van der Waals surface area (Å²) in [4.78, 5) is 26.2. The van der Waals surface area contributed by atoms with Gasteiger partial charge < -0.3 is 14.5 Å². The topological polar surface area (TPSA) is 86.4 Å². The first-order chi connectivity index (χ1) is 16.1. The molecule has 1 amide bonds. The van der Waals surface area contributed by atoms with Crippen LogP contribution in [0.25, 0.3) is 32.7 Å². The van der Waals surface area contributed by atoms with Gasteiger partial charge in [0.05, 0.1) is 18.2 Å². The number of nitrogens with one attached hydrogen (secondary N) is 1. The van der Waals surface area contributed by atoms with Crippen LogP contribution in [0.15, 0.2) is 69.9 Å². The number of hydrogen-bond acceptors (Lipinski definition) is 5. The van der Waals surface area contributed by atoms with Gasteiger partial charge in [0.15, 0.2) is 5.69 Å². The fraction of sp³-hybridized carbons (Fsp3) is 0.192. The van der Waals surface area contributed by atoms with Crippen LogP contribution in [-0.4, -0.2) is 22.8 Å². The number of ether oxygens (including phenoxy) is 1. The Morgan fingerprint density at radius 3 is 2.48 bits per heavy atom. The van der Waals surface area contributed by atoms with E-state index >= 15 is 0 Å². The first kappa shape index (κ1) is 20.8. The van der Waals surface area contributed by atoms with Crippen LogP contribution in [0.1, 0.15) is 30.3 Å². The van der Waals surface area contributed by atoms with Crippen molar-refractivity contribution in [2.45, 2.75) is 26.3 Å². The monoisotopic (exact) mass is 441 g/mol. The molecule has 33 heavy (non-hydrogen) atoms. The van der Waals surface area contributed by atoms with E-state index in [1.54, 1.807) is 37.4 Å². The lowest BCUT2D eigenvalue weighted by Gasteiger charge is -2.13. The summed E-state index contributed by atoms with van der Waals surface area (Å²) in [6.45, 7) is 2.49. The number of unbranched alkanes of at least 4 members (excludes halogenated alkanes) is 1. The minimum atomic E-state index is -0.426. The summed E-state index contributed by atoms with van der Waals surface area (Å²) in [5, 5.41) is 10.2. The zero-order chi connectivity index (χ0) is 22.9. The van der Waals surface area contributed by atoms with Crippen molar-refractivity contribution in [2.24, 2.45) is 0 Å². The highest BCUT2D eigenvalue weighted by Gasteiger charge is 2.19. The van der Waals surface area contributed by atoms with Crippen molar-refractivity contribution in [3.8, 4) is 5.75 Å². The fourth-order valence-electron chi connectivity index (χ4n) is 4.06. The third-order valence-electron chi connectivity index (χ3n) is 5.75. The number of benzene rings is 3. The molecule has 3 aromatic carbocycles. The first-order valence-electron chi connectivity index (χ1n) is 10.9. The Kier molecular flexibility index (Phi) is 5.30. The van der Waals surface area contributed by atoms with Gasteiger partial charge in [0, 0.05) is 28.8 Å². The van der Waals surface area contributed by atoms with Crippen LogP contribution < -0.4 is 15.6 Å². The Hall–Kier alpha value is -4.13. The van der Waals surface area contributed by atoms with Crippen LogP contribution in [0.5, 0.6) is 5.75 Å². The van der Waals surface area contributed by atoms with Crippen LogP contribution in [0.2, 0.25) is 0 Å². The number of para-hydroxylation sites is 1. The maximum Gasteiger partial charge on any atom is 0.276 e. The molecule has 7 nitrogen and oxygen atoms in total. The molecular weight excluding hydrogens is 418 g/mol. The van der Waals surface area contributed by atoms with E-state index in [2.05, 4.69) is 10.4 Å². The number of amides is 1. The van der Waals surface area contributed by atoms with Gasteiger partial charge in [0.2, 0.25) is 0 Å². The molecule has 5 rings (SSSR count). The number of furan rings is 1. The third-order valence-corrected chi connectivity index (χ3v) is 5.75. The highest BCUT2D eigenvalue weighted by Crippen LogP contribution is 2.36. The molecule has 2 aromatic heterocycles. The molecule has 0 fully saturated rings. The van der Waals surface area contributed by atoms with Crippen molar-refractivity contribution in [1.82, 2.24) is 9.78 Å². The van der Waals surface area contributed by atoms with Crippen LogP contribution in [-0.2, 0) is 6.54 Å². The fourth-order valence-corrected chi connectivity index (χ4v) is 4.06. The summed E-state index contributed by atoms with van der Waals surface area (Å²) in [6.07, 6.45) is 1.71. The molecule has 5 aromatic rings. The largest absolute Gasteiger partial charge is 0.495 e. The van der Waals surface area contributed by atoms with Gasteiger partial charge in [-0.15, -0.1) is 0 Å². The minimum absolute atomic E-state index is 0.188. The Bertz CT molecular complexity index is 1570. The molecule has 0 saturated carbocycles. The van der Waals surface area contributed by atoms with Gasteiger partial charge in [0.1, 0.15) is 16.9 Å². The van der Waals surface area contributed by atoms with Gasteiger partial charge in [-0.3, -0.25) is 9.59 Å². The van der Waals surface area contributed by atoms with E-state index in [1.165, 1.54) is 4.68 Å². The highest BCUT2D eigenvalue weighted by molar-refractivity contribution is 6.13. The lowest BCUT2D eigenvalue weighted by Crippen LogP contribution is -2.27. The average Bonchev–Trinajstić information content (AvgIpc) is 3.20. The average molecular weight is 441 g/mol. The zero-order valence-electron chi connectivity index (χ0n) is 18.4. The van der Waals surface area contributed by atoms with Crippen LogP contribution in [0, 0.1) is 0 Å². The Balaban J connectivity index is 1.60. The van der Waals surface area contributed by atoms with Gasteiger partial charge in [0.25, 0.3) is 11.5 Å². The Labute approximate surface area is 189 Å². The molecular formula is C26H23N3O4. The molecule has 1 N–H and O–H groups in total. The molecule has 166 valence electrons. The summed E-state index contributed by atoms with van der Waals surface area (Å²) in [5.74, 6) is 0.0798. The standard InChI is InChI=1S/C26H23N3O4/c1-3-4-13-29-26(31)18-11-6-5-10-17(18)24(28-29)25(30)27-20-15-22-19(14-23(20)32-2)16-9-7-8-12-21(16)33-22/h5-12,14-15H,3-4,13H2,1-2H3,(H,27,30). The second kappa shape index (κ2) is 8.43. The molecule has 0 aliphatic rings. The van der Waals surface area contributed by atoms with Crippen molar-refractivity contribution in [3.05, 3.63) is 76.7 Å². The van der Waals surface area contributed by atoms with E-state index in [-0.39, 0.29) is 11.3 Å². The quantitative estimate of drug-likeness (QED) is 0.383. The van der Waals surface area contributed by atoms with Gasteiger partial charge in [-0.2, -0.15) is 5.10 Å². The van der Waals surface area contributed by atoms with E-state index in [0.717, 1.165) is 29.2 Å². The SMILES string of the molecule is CCCCn1nc(C(=O)Nc2cc3oc4ccccc4c3cc2OC)c2ccccc2c1=O. The minimum Gasteiger partial charge on any atom is -0.495 e. The molecule has 0 aliphatic heterocycles. The normalized spacial score (nSPS) is 11.3. The summed E-state index contributed by atoms with van der Waals surface area (Å²) >= 11 is 0. The zero-order valence-corrected chi connectivity index (χ0v) is 18.4. The number of carbonyl (C=O) groups excluding carboxylic acids is 1.